The molecule has 3 aromatic carbocycles. The topological polar surface area (TPSA) is 51.2 Å². The minimum absolute atomic E-state index is 0.458. The van der Waals surface area contributed by atoms with E-state index in [0.717, 1.165) is 32.6 Å². The Morgan fingerprint density at radius 2 is 1.69 bits per heavy atom. The monoisotopic (exact) mass is 402 g/mol. The summed E-state index contributed by atoms with van der Waals surface area (Å²) < 4.78 is 5.33. The molecule has 1 aromatic heterocycles. The number of fused-ring (bicyclic) bond motifs is 1. The number of hydrogen-bond acceptors (Lipinski definition) is 4. The summed E-state index contributed by atoms with van der Waals surface area (Å²) in [6, 6.07) is 22.2. The van der Waals surface area contributed by atoms with Gasteiger partial charge in [-0.2, -0.15) is 0 Å². The summed E-state index contributed by atoms with van der Waals surface area (Å²) >= 11 is 1.63. The highest BCUT2D eigenvalue weighted by atomic mass is 32.1. The number of thiazole rings is 1. The fourth-order valence-electron chi connectivity index (χ4n) is 3.03. The van der Waals surface area contributed by atoms with Crippen molar-refractivity contribution in [2.24, 2.45) is 0 Å². The molecule has 0 saturated carbocycles. The molecule has 0 bridgehead atoms. The second-order valence-electron chi connectivity index (χ2n) is 7.81. The van der Waals surface area contributed by atoms with E-state index >= 15 is 0 Å². The molecule has 146 valence electrons. The Morgan fingerprint density at radius 3 is 2.45 bits per heavy atom. The first-order chi connectivity index (χ1) is 13.9. The second-order valence-corrected chi connectivity index (χ2v) is 8.67. The van der Waals surface area contributed by atoms with Crippen LogP contribution < -0.4 is 5.32 Å². The fraction of sp³-hybridized carbons (Fsp3) is 0.167. The van der Waals surface area contributed by atoms with Crippen LogP contribution >= 0.6 is 11.3 Å². The summed E-state index contributed by atoms with van der Waals surface area (Å²) in [4.78, 5) is 16.8. The number of anilines is 1. The Balaban J connectivity index is 1.60. The predicted octanol–water partition coefficient (Wildman–Crippen LogP) is 6.98. The zero-order valence-electron chi connectivity index (χ0n) is 16.6. The van der Waals surface area contributed by atoms with Gasteiger partial charge in [0, 0.05) is 22.2 Å². The number of nitrogens with one attached hydrogen (secondary N) is 1. The van der Waals surface area contributed by atoms with Crippen molar-refractivity contribution < 1.29 is 9.53 Å². The van der Waals surface area contributed by atoms with E-state index in [4.69, 9.17) is 9.72 Å². The van der Waals surface area contributed by atoms with Crippen molar-refractivity contribution in [3.63, 3.8) is 0 Å². The van der Waals surface area contributed by atoms with E-state index in [2.05, 4.69) is 41.0 Å². The summed E-state index contributed by atoms with van der Waals surface area (Å²) in [5, 5.41) is 7.98. The molecule has 4 aromatic rings. The number of carbonyl (C=O) groups excluding carboxylic acids is 1. The van der Waals surface area contributed by atoms with Crippen molar-refractivity contribution in [1.82, 2.24) is 4.98 Å². The Labute approximate surface area is 174 Å². The van der Waals surface area contributed by atoms with Crippen LogP contribution in [0.25, 0.3) is 32.6 Å². The molecule has 1 heterocycles. The molecular formula is C24H22N2O2S. The fourth-order valence-corrected chi connectivity index (χ4v) is 3.85. The van der Waals surface area contributed by atoms with Crippen molar-refractivity contribution in [2.75, 3.05) is 5.32 Å². The van der Waals surface area contributed by atoms with Gasteiger partial charge < -0.3 is 4.74 Å². The van der Waals surface area contributed by atoms with Crippen LogP contribution in [0.5, 0.6) is 0 Å². The first kappa shape index (κ1) is 19.2. The standard InChI is InChI=1S/C24H22N2O2S/c1-24(2,3)28-23(27)25-20-12-11-16-9-10-18(13-19(16)14-20)22-26-21(15-29-22)17-7-5-4-6-8-17/h4-15H,1-3H3,(H,25,27). The van der Waals surface area contributed by atoms with Gasteiger partial charge in [0.15, 0.2) is 0 Å². The van der Waals surface area contributed by atoms with Gasteiger partial charge in [-0.05, 0) is 49.7 Å². The molecule has 1 N–H and O–H groups in total. The average molecular weight is 403 g/mol. The number of hydrogen-bond donors (Lipinski definition) is 1. The Kier molecular flexibility index (Phi) is 5.07. The molecule has 1 amide bonds. The van der Waals surface area contributed by atoms with Crippen LogP contribution in [0.3, 0.4) is 0 Å². The van der Waals surface area contributed by atoms with Crippen LogP contribution in [0.2, 0.25) is 0 Å². The number of aromatic nitrogens is 1. The third kappa shape index (κ3) is 4.63. The third-order valence-corrected chi connectivity index (χ3v) is 5.20. The predicted molar refractivity (Wildman–Crippen MR) is 120 cm³/mol. The second kappa shape index (κ2) is 7.68. The van der Waals surface area contributed by atoms with E-state index in [-0.39, 0.29) is 0 Å². The van der Waals surface area contributed by atoms with Gasteiger partial charge in [-0.15, -0.1) is 11.3 Å². The molecule has 0 atom stereocenters. The Morgan fingerprint density at radius 1 is 0.931 bits per heavy atom. The molecule has 0 radical (unpaired) electrons. The first-order valence-corrected chi connectivity index (χ1v) is 10.3. The van der Waals surface area contributed by atoms with E-state index in [9.17, 15) is 4.79 Å². The van der Waals surface area contributed by atoms with E-state index in [1.54, 1.807) is 11.3 Å². The minimum atomic E-state index is -0.532. The maximum atomic E-state index is 12.0. The summed E-state index contributed by atoms with van der Waals surface area (Å²) in [5.74, 6) is 0. The molecule has 0 aliphatic carbocycles. The molecule has 4 rings (SSSR count). The van der Waals surface area contributed by atoms with Gasteiger partial charge >= 0.3 is 6.09 Å². The first-order valence-electron chi connectivity index (χ1n) is 9.42. The van der Waals surface area contributed by atoms with Crippen molar-refractivity contribution >= 4 is 33.9 Å². The lowest BCUT2D eigenvalue weighted by molar-refractivity contribution is 0.0636. The summed E-state index contributed by atoms with van der Waals surface area (Å²) in [6.07, 6.45) is -0.458. The number of nitrogens with zero attached hydrogens (tertiary/aromatic N) is 1. The zero-order chi connectivity index (χ0) is 20.4. The maximum absolute atomic E-state index is 12.0. The highest BCUT2D eigenvalue weighted by Crippen LogP contribution is 2.31. The molecule has 0 fully saturated rings. The van der Waals surface area contributed by atoms with Gasteiger partial charge in [0.2, 0.25) is 0 Å². The lowest BCUT2D eigenvalue weighted by Gasteiger charge is -2.19. The quantitative estimate of drug-likeness (QED) is 0.402. The molecule has 29 heavy (non-hydrogen) atoms. The number of rotatable bonds is 3. The van der Waals surface area contributed by atoms with Crippen LogP contribution in [0.1, 0.15) is 20.8 Å². The number of benzene rings is 3. The van der Waals surface area contributed by atoms with Gasteiger partial charge in [-0.1, -0.05) is 48.5 Å². The Hall–Kier alpha value is -3.18. The van der Waals surface area contributed by atoms with Crippen molar-refractivity contribution in [3.05, 3.63) is 72.1 Å². The molecule has 4 nitrogen and oxygen atoms in total. The van der Waals surface area contributed by atoms with Crippen LogP contribution in [-0.4, -0.2) is 16.7 Å². The van der Waals surface area contributed by atoms with E-state index < -0.39 is 11.7 Å². The zero-order valence-corrected chi connectivity index (χ0v) is 17.4. The SMILES string of the molecule is CC(C)(C)OC(=O)Nc1ccc2ccc(-c3nc(-c4ccccc4)cs3)cc2c1. The van der Waals surface area contributed by atoms with Gasteiger partial charge in [-0.25, -0.2) is 9.78 Å². The number of ether oxygens (including phenoxy) is 1. The third-order valence-electron chi connectivity index (χ3n) is 4.31. The molecule has 0 unspecified atom stereocenters. The van der Waals surface area contributed by atoms with Gasteiger partial charge in [-0.3, -0.25) is 5.32 Å². The van der Waals surface area contributed by atoms with Crippen molar-refractivity contribution in [2.45, 2.75) is 26.4 Å². The highest BCUT2D eigenvalue weighted by Gasteiger charge is 2.16. The molecule has 5 heteroatoms. The normalized spacial score (nSPS) is 11.4. The van der Waals surface area contributed by atoms with Crippen LogP contribution in [-0.2, 0) is 4.74 Å². The van der Waals surface area contributed by atoms with E-state index in [1.807, 2.05) is 57.2 Å². The average Bonchev–Trinajstić information content (AvgIpc) is 3.17. The summed E-state index contributed by atoms with van der Waals surface area (Å²) in [5.41, 5.74) is 3.31. The van der Waals surface area contributed by atoms with Crippen LogP contribution in [0.4, 0.5) is 10.5 Å². The van der Waals surface area contributed by atoms with Gasteiger partial charge in [0.25, 0.3) is 0 Å². The van der Waals surface area contributed by atoms with Crippen LogP contribution in [0, 0.1) is 0 Å². The number of amides is 1. The molecule has 0 aliphatic rings. The Bertz CT molecular complexity index is 1160. The smallest absolute Gasteiger partial charge is 0.412 e. The molecule has 0 spiro atoms. The van der Waals surface area contributed by atoms with E-state index in [1.165, 1.54) is 0 Å². The molecular weight excluding hydrogens is 380 g/mol. The van der Waals surface area contributed by atoms with Crippen LogP contribution in [0.15, 0.2) is 72.1 Å². The van der Waals surface area contributed by atoms with Crippen molar-refractivity contribution in [1.29, 1.82) is 0 Å². The number of carbonyl (C=O) groups is 1. The summed E-state index contributed by atoms with van der Waals surface area (Å²) in [6.45, 7) is 5.53. The van der Waals surface area contributed by atoms with Gasteiger partial charge in [0.05, 0.1) is 5.69 Å². The highest BCUT2D eigenvalue weighted by molar-refractivity contribution is 7.13. The molecule has 0 saturated heterocycles. The minimum Gasteiger partial charge on any atom is -0.444 e. The van der Waals surface area contributed by atoms with Crippen molar-refractivity contribution in [3.8, 4) is 21.8 Å². The maximum Gasteiger partial charge on any atom is 0.412 e. The van der Waals surface area contributed by atoms with Gasteiger partial charge in [0.1, 0.15) is 10.6 Å². The largest absolute Gasteiger partial charge is 0.444 e. The summed E-state index contributed by atoms with van der Waals surface area (Å²) in [7, 11) is 0. The molecule has 0 aliphatic heterocycles. The van der Waals surface area contributed by atoms with E-state index in [0.29, 0.717) is 5.69 Å². The lowest BCUT2D eigenvalue weighted by atomic mass is 10.1. The lowest BCUT2D eigenvalue weighted by Crippen LogP contribution is -2.27.